The maximum atomic E-state index is 12.5. The molecular formula is C21H26BrNO3. The normalized spacial score (nSPS) is 34.7. The predicted octanol–water partition coefficient (Wildman–Crippen LogP) is 3.93. The number of methoxy groups -OCH3 is 1. The van der Waals surface area contributed by atoms with Gasteiger partial charge in [-0.05, 0) is 37.4 Å². The van der Waals surface area contributed by atoms with E-state index in [4.69, 9.17) is 4.74 Å². The van der Waals surface area contributed by atoms with Crippen LogP contribution >= 0.6 is 15.9 Å². The number of aromatic hydroxyl groups is 1. The predicted molar refractivity (Wildman–Crippen MR) is 105 cm³/mol. The fourth-order valence-corrected chi connectivity index (χ4v) is 7.41. The molecule has 2 saturated carbocycles. The fraction of sp³-hybridized carbons (Fsp3) is 0.571. The summed E-state index contributed by atoms with van der Waals surface area (Å²) in [5, 5.41) is 11.0. The third kappa shape index (κ3) is 2.07. The van der Waals surface area contributed by atoms with E-state index >= 15 is 0 Å². The van der Waals surface area contributed by atoms with Crippen LogP contribution in [0.3, 0.4) is 0 Å². The number of ether oxygens (including phenoxy) is 1. The van der Waals surface area contributed by atoms with Crippen molar-refractivity contribution >= 4 is 21.7 Å². The van der Waals surface area contributed by atoms with Gasteiger partial charge in [0, 0.05) is 46.3 Å². The Hall–Kier alpha value is -1.33. The number of nitrogens with zero attached hydrogens (tertiary/aromatic N) is 1. The summed E-state index contributed by atoms with van der Waals surface area (Å²) >= 11 is 3.74. The zero-order chi connectivity index (χ0) is 18.9. The molecule has 4 nitrogen and oxygen atoms in total. The maximum absolute atomic E-state index is 12.5. The molecule has 0 aromatic heterocycles. The van der Waals surface area contributed by atoms with Gasteiger partial charge in [-0.25, -0.2) is 0 Å². The number of rotatable bonds is 4. The van der Waals surface area contributed by atoms with E-state index in [1.54, 1.807) is 7.11 Å². The summed E-state index contributed by atoms with van der Waals surface area (Å²) in [5.74, 6) is 1.36. The molecule has 0 heterocycles. The SMILES string of the molecule is C=CCN(C)C1C2CCC(=O)C[C@]23CC1(C)c1c(Br)cc(OC)c(O)c13. The summed E-state index contributed by atoms with van der Waals surface area (Å²) in [7, 11) is 3.73. The Labute approximate surface area is 163 Å². The van der Waals surface area contributed by atoms with E-state index < -0.39 is 0 Å². The van der Waals surface area contributed by atoms with Crippen molar-refractivity contribution in [2.75, 3.05) is 20.7 Å². The number of carbonyl (C=O) groups is 1. The van der Waals surface area contributed by atoms with E-state index in [1.165, 1.54) is 0 Å². The molecule has 2 fully saturated rings. The summed E-state index contributed by atoms with van der Waals surface area (Å²) in [5.41, 5.74) is 1.70. The largest absolute Gasteiger partial charge is 0.504 e. The van der Waals surface area contributed by atoms with Gasteiger partial charge in [-0.3, -0.25) is 9.69 Å². The molecule has 4 rings (SSSR count). The lowest BCUT2D eigenvalue weighted by Gasteiger charge is -2.49. The van der Waals surface area contributed by atoms with E-state index in [1.807, 2.05) is 12.1 Å². The second-order valence-electron chi connectivity index (χ2n) is 8.44. The highest BCUT2D eigenvalue weighted by molar-refractivity contribution is 9.10. The van der Waals surface area contributed by atoms with Gasteiger partial charge in [0.05, 0.1) is 7.11 Å². The van der Waals surface area contributed by atoms with Gasteiger partial charge in [0.25, 0.3) is 0 Å². The number of benzene rings is 1. The maximum Gasteiger partial charge on any atom is 0.161 e. The van der Waals surface area contributed by atoms with Gasteiger partial charge in [0.2, 0.25) is 0 Å². The van der Waals surface area contributed by atoms with Gasteiger partial charge in [-0.15, -0.1) is 6.58 Å². The smallest absolute Gasteiger partial charge is 0.161 e. The van der Waals surface area contributed by atoms with Crippen molar-refractivity contribution in [2.45, 2.75) is 49.5 Å². The molecule has 0 amide bonds. The number of fused-ring (bicyclic) bond motifs is 3. The van der Waals surface area contributed by atoms with Gasteiger partial charge in [0.1, 0.15) is 5.78 Å². The van der Waals surface area contributed by atoms with E-state index in [2.05, 4.69) is 41.4 Å². The Morgan fingerprint density at radius 1 is 1.50 bits per heavy atom. The quantitative estimate of drug-likeness (QED) is 0.750. The molecule has 140 valence electrons. The molecule has 1 aromatic carbocycles. The molecule has 1 aromatic rings. The lowest BCUT2D eigenvalue weighted by atomic mass is 9.60. The number of halogens is 1. The van der Waals surface area contributed by atoms with Crippen molar-refractivity contribution in [3.05, 3.63) is 34.3 Å². The molecular weight excluding hydrogens is 394 g/mol. The molecule has 2 bridgehead atoms. The summed E-state index contributed by atoms with van der Waals surface area (Å²) in [4.78, 5) is 14.9. The highest BCUT2D eigenvalue weighted by Crippen LogP contribution is 2.71. The highest BCUT2D eigenvalue weighted by atomic mass is 79.9. The Balaban J connectivity index is 1.99. The molecule has 3 aliphatic carbocycles. The standard InChI is InChI=1S/C21H26BrNO3/c1-5-8-23(3)19-13-7-6-12(24)10-21(13)11-20(19,2)16-14(22)9-15(26-4)18(25)17(16)21/h5,9,13,19,25H,1,6-8,10-11H2,2-4H3/t13?,19?,20?,21-/m0/s1. The van der Waals surface area contributed by atoms with Crippen molar-refractivity contribution in [1.29, 1.82) is 0 Å². The first-order valence-electron chi connectivity index (χ1n) is 9.23. The number of ketones is 1. The van der Waals surface area contributed by atoms with Crippen LogP contribution in [0.2, 0.25) is 0 Å². The summed E-state index contributed by atoms with van der Waals surface area (Å²) in [6, 6.07) is 2.19. The van der Waals surface area contributed by atoms with Crippen LogP contribution in [-0.4, -0.2) is 42.5 Å². The van der Waals surface area contributed by atoms with Crippen LogP contribution in [-0.2, 0) is 15.6 Å². The van der Waals surface area contributed by atoms with Crippen LogP contribution in [0, 0.1) is 5.92 Å². The lowest BCUT2D eigenvalue weighted by molar-refractivity contribution is -0.123. The number of carbonyl (C=O) groups excluding carboxylic acids is 1. The number of hydrogen-bond acceptors (Lipinski definition) is 4. The zero-order valence-electron chi connectivity index (χ0n) is 15.6. The van der Waals surface area contributed by atoms with Crippen LogP contribution in [0.15, 0.2) is 23.2 Å². The molecule has 0 aliphatic heterocycles. The van der Waals surface area contributed by atoms with Crippen molar-refractivity contribution in [3.63, 3.8) is 0 Å². The Kier molecular flexibility index (Phi) is 4.05. The molecule has 5 heteroatoms. The lowest BCUT2D eigenvalue weighted by Crippen LogP contribution is -2.53. The van der Waals surface area contributed by atoms with Gasteiger partial charge in [0.15, 0.2) is 11.5 Å². The molecule has 4 atom stereocenters. The third-order valence-electron chi connectivity index (χ3n) is 7.07. The number of hydrogen-bond donors (Lipinski definition) is 1. The summed E-state index contributed by atoms with van der Waals surface area (Å²) in [6.07, 6.45) is 4.89. The fourth-order valence-electron chi connectivity index (χ4n) is 6.55. The first kappa shape index (κ1) is 18.1. The van der Waals surface area contributed by atoms with Gasteiger partial charge < -0.3 is 9.84 Å². The third-order valence-corrected chi connectivity index (χ3v) is 7.70. The number of phenols is 1. The highest BCUT2D eigenvalue weighted by Gasteiger charge is 2.69. The topological polar surface area (TPSA) is 49.8 Å². The van der Waals surface area contributed by atoms with Crippen LogP contribution in [0.5, 0.6) is 11.5 Å². The van der Waals surface area contributed by atoms with E-state index in [0.29, 0.717) is 36.3 Å². The average Bonchev–Trinajstić information content (AvgIpc) is 2.99. The molecule has 0 radical (unpaired) electrons. The second-order valence-corrected chi connectivity index (χ2v) is 9.30. The number of likely N-dealkylation sites (N-methyl/N-ethyl adjacent to an activating group) is 1. The molecule has 3 unspecified atom stereocenters. The minimum Gasteiger partial charge on any atom is -0.504 e. The van der Waals surface area contributed by atoms with Crippen LogP contribution in [0.25, 0.3) is 0 Å². The Bertz CT molecular complexity index is 807. The minimum absolute atomic E-state index is 0.120. The van der Waals surface area contributed by atoms with Gasteiger partial charge in [-0.1, -0.05) is 28.9 Å². The average molecular weight is 420 g/mol. The Morgan fingerprint density at radius 2 is 2.23 bits per heavy atom. The van der Waals surface area contributed by atoms with Crippen molar-refractivity contribution in [1.82, 2.24) is 4.90 Å². The van der Waals surface area contributed by atoms with Crippen molar-refractivity contribution < 1.29 is 14.6 Å². The Morgan fingerprint density at radius 3 is 2.88 bits per heavy atom. The van der Waals surface area contributed by atoms with E-state index in [9.17, 15) is 9.90 Å². The van der Waals surface area contributed by atoms with Crippen molar-refractivity contribution in [3.8, 4) is 11.5 Å². The van der Waals surface area contributed by atoms with Crippen LogP contribution < -0.4 is 4.74 Å². The van der Waals surface area contributed by atoms with Gasteiger partial charge >= 0.3 is 0 Å². The number of Topliss-reactive ketones (excluding diaryl/α,β-unsaturated/α-hetero) is 1. The summed E-state index contributed by atoms with van der Waals surface area (Å²) < 4.78 is 6.39. The van der Waals surface area contributed by atoms with E-state index in [-0.39, 0.29) is 16.6 Å². The molecule has 1 N–H and O–H groups in total. The molecule has 3 aliphatic rings. The summed E-state index contributed by atoms with van der Waals surface area (Å²) in [6.45, 7) is 7.02. The van der Waals surface area contributed by atoms with Gasteiger partial charge in [-0.2, -0.15) is 0 Å². The van der Waals surface area contributed by atoms with Crippen molar-refractivity contribution in [2.24, 2.45) is 5.92 Å². The molecule has 1 spiro atoms. The first-order chi connectivity index (χ1) is 12.3. The monoisotopic (exact) mass is 419 g/mol. The van der Waals surface area contributed by atoms with Crippen LogP contribution in [0.1, 0.15) is 43.7 Å². The zero-order valence-corrected chi connectivity index (χ0v) is 17.2. The van der Waals surface area contributed by atoms with Crippen LogP contribution in [0.4, 0.5) is 0 Å². The first-order valence-corrected chi connectivity index (χ1v) is 10.0. The van der Waals surface area contributed by atoms with E-state index in [0.717, 1.165) is 35.0 Å². The molecule has 0 saturated heterocycles. The number of phenolic OH excluding ortho intramolecular Hbond substituents is 1. The second kappa shape index (κ2) is 5.83. The minimum atomic E-state index is -0.291. The molecule has 26 heavy (non-hydrogen) atoms.